The Morgan fingerprint density at radius 1 is 1.04 bits per heavy atom. The smallest absolute Gasteiger partial charge is 0.308 e. The maximum atomic E-state index is 12.6. The third kappa shape index (κ3) is 4.40. The van der Waals surface area contributed by atoms with Crippen molar-refractivity contribution in [3.63, 3.8) is 0 Å². The number of rotatable bonds is 5. The number of hydrogen-bond donors (Lipinski definition) is 1. The molecule has 2 N–H and O–H groups in total. The first-order valence-corrected chi connectivity index (χ1v) is 8.65. The summed E-state index contributed by atoms with van der Waals surface area (Å²) in [4.78, 5) is 11.2. The lowest BCUT2D eigenvalue weighted by Gasteiger charge is -2.08. The van der Waals surface area contributed by atoms with Crippen LogP contribution in [0.3, 0.4) is 0 Å². The normalized spacial score (nSPS) is 12.7. The summed E-state index contributed by atoms with van der Waals surface area (Å²) in [7, 11) is -3.60. The van der Waals surface area contributed by atoms with Gasteiger partial charge in [0, 0.05) is 13.0 Å². The fraction of sp³-hybridized carbons (Fsp3) is 0.235. The van der Waals surface area contributed by atoms with Crippen LogP contribution < -0.4 is 10.5 Å². The van der Waals surface area contributed by atoms with E-state index < -0.39 is 15.8 Å². The highest BCUT2D eigenvalue weighted by Gasteiger charge is 2.17. The number of nitrogens with two attached hydrogens (primary N) is 1. The lowest BCUT2D eigenvalue weighted by atomic mass is 10.1. The zero-order valence-electron chi connectivity index (χ0n) is 13.0. The number of ether oxygens (including phenoxy) is 1. The van der Waals surface area contributed by atoms with E-state index in [0.717, 1.165) is 5.56 Å². The van der Waals surface area contributed by atoms with Crippen LogP contribution in [0.25, 0.3) is 0 Å². The van der Waals surface area contributed by atoms with Crippen molar-refractivity contribution in [3.05, 3.63) is 54.1 Å². The Balaban J connectivity index is 2.25. The van der Waals surface area contributed by atoms with Gasteiger partial charge in [-0.05, 0) is 55.3 Å². The van der Waals surface area contributed by atoms with Gasteiger partial charge in [0.05, 0.1) is 9.79 Å². The molecule has 0 amide bonds. The molecule has 6 heteroatoms. The van der Waals surface area contributed by atoms with E-state index in [0.29, 0.717) is 12.2 Å². The second kappa shape index (κ2) is 6.93. The standard InChI is InChI=1S/C17H19NO4S/c1-12(18)11-14-3-7-16(8-4-14)23(20,21)17-9-5-15(6-10-17)22-13(2)19/h3-10,12H,11,18H2,1-2H3/t12-/m1/s1. The molecule has 0 bridgehead atoms. The number of carbonyl (C=O) groups is 1. The van der Waals surface area contributed by atoms with Gasteiger partial charge in [0.15, 0.2) is 0 Å². The SMILES string of the molecule is CC(=O)Oc1ccc(S(=O)(=O)c2ccc(C[C@@H](C)N)cc2)cc1. The van der Waals surface area contributed by atoms with Gasteiger partial charge >= 0.3 is 5.97 Å². The van der Waals surface area contributed by atoms with Gasteiger partial charge in [-0.25, -0.2) is 8.42 Å². The second-order valence-corrected chi connectivity index (χ2v) is 7.34. The minimum atomic E-state index is -3.60. The van der Waals surface area contributed by atoms with Gasteiger partial charge in [-0.2, -0.15) is 0 Å². The molecule has 0 aliphatic heterocycles. The maximum Gasteiger partial charge on any atom is 0.308 e. The molecule has 23 heavy (non-hydrogen) atoms. The molecule has 0 aliphatic rings. The van der Waals surface area contributed by atoms with Gasteiger partial charge in [-0.15, -0.1) is 0 Å². The minimum absolute atomic E-state index is 0.0197. The first-order chi connectivity index (χ1) is 10.8. The van der Waals surface area contributed by atoms with E-state index in [-0.39, 0.29) is 15.8 Å². The second-order valence-electron chi connectivity index (χ2n) is 5.39. The summed E-state index contributed by atoms with van der Waals surface area (Å²) in [6.07, 6.45) is 0.692. The molecule has 0 saturated heterocycles. The van der Waals surface area contributed by atoms with Gasteiger partial charge < -0.3 is 10.5 Å². The highest BCUT2D eigenvalue weighted by molar-refractivity contribution is 7.91. The number of hydrogen-bond acceptors (Lipinski definition) is 5. The Morgan fingerprint density at radius 3 is 1.96 bits per heavy atom. The molecule has 5 nitrogen and oxygen atoms in total. The van der Waals surface area contributed by atoms with Crippen LogP contribution in [0.5, 0.6) is 5.75 Å². The summed E-state index contributed by atoms with van der Waals surface area (Å²) in [5, 5.41) is 0. The van der Waals surface area contributed by atoms with E-state index in [2.05, 4.69) is 0 Å². The van der Waals surface area contributed by atoms with E-state index in [9.17, 15) is 13.2 Å². The van der Waals surface area contributed by atoms with Crippen LogP contribution in [0.1, 0.15) is 19.4 Å². The number of benzene rings is 2. The molecule has 2 aromatic rings. The molecule has 0 aromatic heterocycles. The van der Waals surface area contributed by atoms with Gasteiger partial charge in [0.25, 0.3) is 0 Å². The molecule has 0 radical (unpaired) electrons. The van der Waals surface area contributed by atoms with Gasteiger partial charge in [-0.3, -0.25) is 4.79 Å². The summed E-state index contributed by atoms with van der Waals surface area (Å²) in [5.41, 5.74) is 6.72. The predicted octanol–water partition coefficient (Wildman–Crippen LogP) is 2.33. The molecular weight excluding hydrogens is 314 g/mol. The molecule has 2 rings (SSSR count). The fourth-order valence-electron chi connectivity index (χ4n) is 2.17. The van der Waals surface area contributed by atoms with Crippen molar-refractivity contribution in [2.24, 2.45) is 5.73 Å². The molecule has 0 unspecified atom stereocenters. The Hall–Kier alpha value is -2.18. The van der Waals surface area contributed by atoms with Crippen LogP contribution in [-0.4, -0.2) is 20.4 Å². The topological polar surface area (TPSA) is 86.5 Å². The average molecular weight is 333 g/mol. The Bertz CT molecular complexity index is 778. The van der Waals surface area contributed by atoms with Crippen molar-refractivity contribution in [1.29, 1.82) is 0 Å². The number of esters is 1. The Morgan fingerprint density at radius 2 is 1.52 bits per heavy atom. The summed E-state index contributed by atoms with van der Waals surface area (Å²) < 4.78 is 30.0. The van der Waals surface area contributed by atoms with Crippen molar-refractivity contribution >= 4 is 15.8 Å². The predicted molar refractivity (Wildman–Crippen MR) is 87.0 cm³/mol. The van der Waals surface area contributed by atoms with Gasteiger partial charge in [0.2, 0.25) is 9.84 Å². The monoisotopic (exact) mass is 333 g/mol. The Kier molecular flexibility index (Phi) is 5.18. The Labute approximate surface area is 136 Å². The van der Waals surface area contributed by atoms with Crippen molar-refractivity contribution < 1.29 is 17.9 Å². The van der Waals surface area contributed by atoms with E-state index >= 15 is 0 Å². The zero-order valence-corrected chi connectivity index (χ0v) is 13.8. The van der Waals surface area contributed by atoms with E-state index in [4.69, 9.17) is 10.5 Å². The van der Waals surface area contributed by atoms with Crippen LogP contribution in [0.2, 0.25) is 0 Å². The summed E-state index contributed by atoms with van der Waals surface area (Å²) >= 11 is 0. The highest BCUT2D eigenvalue weighted by Crippen LogP contribution is 2.23. The molecule has 1 atom stereocenters. The van der Waals surface area contributed by atoms with Crippen LogP contribution in [0.15, 0.2) is 58.3 Å². The number of carbonyl (C=O) groups excluding carboxylic acids is 1. The third-order valence-corrected chi connectivity index (χ3v) is 4.97. The van der Waals surface area contributed by atoms with Crippen LogP contribution >= 0.6 is 0 Å². The van der Waals surface area contributed by atoms with Gasteiger partial charge in [0.1, 0.15) is 5.75 Å². The molecule has 0 spiro atoms. The fourth-order valence-corrected chi connectivity index (χ4v) is 3.43. The highest BCUT2D eigenvalue weighted by atomic mass is 32.2. The van der Waals surface area contributed by atoms with E-state index in [1.807, 2.05) is 6.92 Å². The van der Waals surface area contributed by atoms with Gasteiger partial charge in [-0.1, -0.05) is 12.1 Å². The molecule has 0 aliphatic carbocycles. The number of sulfone groups is 1. The first-order valence-electron chi connectivity index (χ1n) is 7.17. The summed E-state index contributed by atoms with van der Waals surface area (Å²) in [6, 6.07) is 12.5. The van der Waals surface area contributed by atoms with Crippen molar-refractivity contribution in [3.8, 4) is 5.75 Å². The molecule has 0 heterocycles. The van der Waals surface area contributed by atoms with Crippen LogP contribution in [0.4, 0.5) is 0 Å². The van der Waals surface area contributed by atoms with E-state index in [1.54, 1.807) is 24.3 Å². The first kappa shape index (κ1) is 17.2. The molecule has 2 aromatic carbocycles. The molecular formula is C17H19NO4S. The quantitative estimate of drug-likeness (QED) is 0.670. The van der Waals surface area contributed by atoms with Crippen molar-refractivity contribution in [2.45, 2.75) is 36.1 Å². The van der Waals surface area contributed by atoms with Crippen molar-refractivity contribution in [2.75, 3.05) is 0 Å². The largest absolute Gasteiger partial charge is 0.427 e. The zero-order chi connectivity index (χ0) is 17.0. The third-order valence-electron chi connectivity index (χ3n) is 3.19. The van der Waals surface area contributed by atoms with Crippen molar-refractivity contribution in [1.82, 2.24) is 0 Å². The summed E-state index contributed by atoms with van der Waals surface area (Å²) in [5.74, 6) is -0.144. The lowest BCUT2D eigenvalue weighted by Crippen LogP contribution is -2.17. The maximum absolute atomic E-state index is 12.6. The molecule has 0 saturated carbocycles. The molecule has 0 fully saturated rings. The lowest BCUT2D eigenvalue weighted by molar-refractivity contribution is -0.131. The average Bonchev–Trinajstić information content (AvgIpc) is 2.47. The van der Waals surface area contributed by atoms with E-state index in [1.165, 1.54) is 31.2 Å². The summed E-state index contributed by atoms with van der Waals surface area (Å²) in [6.45, 7) is 3.18. The molecule has 122 valence electrons. The minimum Gasteiger partial charge on any atom is -0.427 e. The van der Waals surface area contributed by atoms with Crippen LogP contribution in [-0.2, 0) is 21.1 Å². The van der Waals surface area contributed by atoms with Crippen LogP contribution in [0, 0.1) is 0 Å².